The summed E-state index contributed by atoms with van der Waals surface area (Å²) in [4.78, 5) is 22.3. The summed E-state index contributed by atoms with van der Waals surface area (Å²) < 4.78 is 8.04. The van der Waals surface area contributed by atoms with Gasteiger partial charge in [0.05, 0.1) is 16.8 Å². The maximum atomic E-state index is 12.1. The second-order valence-electron chi connectivity index (χ2n) is 7.05. The van der Waals surface area contributed by atoms with Crippen LogP contribution < -0.4 is 10.2 Å². The topological polar surface area (TPSA) is 112 Å². The van der Waals surface area contributed by atoms with E-state index in [4.69, 9.17) is 9.84 Å². The average molecular weight is 520 g/mol. The van der Waals surface area contributed by atoms with E-state index in [1.807, 2.05) is 60.8 Å². The molecule has 10 heteroatoms. The summed E-state index contributed by atoms with van der Waals surface area (Å²) in [5.41, 5.74) is 5.57. The second kappa shape index (κ2) is 10.5. The summed E-state index contributed by atoms with van der Waals surface area (Å²) >= 11 is 3.44. The molecule has 170 valence electrons. The monoisotopic (exact) mass is 519 g/mol. The van der Waals surface area contributed by atoms with Crippen LogP contribution in [0.5, 0.6) is 5.75 Å². The van der Waals surface area contributed by atoms with E-state index >= 15 is 0 Å². The predicted octanol–water partition coefficient (Wildman–Crippen LogP) is 4.74. The molecule has 0 saturated carbocycles. The lowest BCUT2D eigenvalue weighted by atomic mass is 10.1. The van der Waals surface area contributed by atoms with Gasteiger partial charge in [0, 0.05) is 33.9 Å². The quantitative estimate of drug-likeness (QED) is 0.205. The summed E-state index contributed by atoms with van der Waals surface area (Å²) in [6, 6.07) is 22.9. The van der Waals surface area contributed by atoms with Gasteiger partial charge in [0.2, 0.25) is 0 Å². The van der Waals surface area contributed by atoms with Gasteiger partial charge >= 0.3 is 0 Å². The molecule has 3 aromatic carbocycles. The number of para-hydroxylation sites is 1. The van der Waals surface area contributed by atoms with Crippen molar-refractivity contribution >= 4 is 33.7 Å². The smallest absolute Gasteiger partial charge is 0.277 e. The van der Waals surface area contributed by atoms with Crippen molar-refractivity contribution in [3.8, 4) is 22.7 Å². The fourth-order valence-electron chi connectivity index (χ4n) is 3.05. The molecule has 0 unspecified atom stereocenters. The lowest BCUT2D eigenvalue weighted by Gasteiger charge is -2.04. The highest BCUT2D eigenvalue weighted by atomic mass is 79.9. The molecule has 0 aliphatic heterocycles. The molecule has 1 amide bonds. The van der Waals surface area contributed by atoms with Crippen LogP contribution >= 0.6 is 15.9 Å². The molecule has 0 bridgehead atoms. The number of carbonyl (C=O) groups excluding carboxylic acids is 1. The summed E-state index contributed by atoms with van der Waals surface area (Å²) in [7, 11) is 0. The maximum Gasteiger partial charge on any atom is 0.277 e. The van der Waals surface area contributed by atoms with Crippen LogP contribution in [0.2, 0.25) is 0 Å². The SMILES string of the molecule is O=C(COc1ccc([N+](=O)[O-])cc1)N/N=C\c1cn(-c2ccccc2)nc1-c1ccc(Br)cc1. The number of nitrogens with zero attached hydrogens (tertiary/aromatic N) is 4. The number of nitro groups is 1. The van der Waals surface area contributed by atoms with Gasteiger partial charge in [-0.15, -0.1) is 0 Å². The van der Waals surface area contributed by atoms with Crippen molar-refractivity contribution in [1.29, 1.82) is 0 Å². The van der Waals surface area contributed by atoms with Gasteiger partial charge in [0.1, 0.15) is 11.4 Å². The molecule has 0 saturated heterocycles. The van der Waals surface area contributed by atoms with E-state index in [1.54, 1.807) is 4.68 Å². The molecule has 0 fully saturated rings. The average Bonchev–Trinajstić information content (AvgIpc) is 3.28. The van der Waals surface area contributed by atoms with Gasteiger partial charge in [-0.05, 0) is 36.4 Å². The molecule has 0 aliphatic carbocycles. The Hall–Kier alpha value is -4.31. The Morgan fingerprint density at radius 2 is 1.79 bits per heavy atom. The Morgan fingerprint density at radius 1 is 1.09 bits per heavy atom. The number of non-ortho nitro benzene ring substituents is 1. The first-order valence-electron chi connectivity index (χ1n) is 10.1. The highest BCUT2D eigenvalue weighted by Gasteiger charge is 2.12. The third-order valence-electron chi connectivity index (χ3n) is 4.69. The second-order valence-corrected chi connectivity index (χ2v) is 7.97. The molecule has 4 rings (SSSR count). The van der Waals surface area contributed by atoms with E-state index in [0.717, 1.165) is 15.7 Å². The molecule has 0 atom stereocenters. The molecule has 0 spiro atoms. The highest BCUT2D eigenvalue weighted by Crippen LogP contribution is 2.24. The van der Waals surface area contributed by atoms with Crippen LogP contribution in [-0.4, -0.2) is 33.4 Å². The van der Waals surface area contributed by atoms with Crippen molar-refractivity contribution in [1.82, 2.24) is 15.2 Å². The van der Waals surface area contributed by atoms with Gasteiger partial charge in [-0.1, -0.05) is 46.3 Å². The lowest BCUT2D eigenvalue weighted by Crippen LogP contribution is -2.24. The van der Waals surface area contributed by atoms with Gasteiger partial charge in [-0.25, -0.2) is 10.1 Å². The lowest BCUT2D eigenvalue weighted by molar-refractivity contribution is -0.384. The normalized spacial score (nSPS) is 10.9. The number of aromatic nitrogens is 2. The van der Waals surface area contributed by atoms with Crippen molar-refractivity contribution in [2.75, 3.05) is 6.61 Å². The summed E-state index contributed by atoms with van der Waals surface area (Å²) in [5.74, 6) is -0.137. The molecule has 0 radical (unpaired) electrons. The van der Waals surface area contributed by atoms with Crippen LogP contribution in [0.4, 0.5) is 5.69 Å². The largest absolute Gasteiger partial charge is 0.484 e. The van der Waals surface area contributed by atoms with Crippen LogP contribution in [0.1, 0.15) is 5.56 Å². The van der Waals surface area contributed by atoms with Crippen LogP contribution in [-0.2, 0) is 4.79 Å². The van der Waals surface area contributed by atoms with E-state index in [9.17, 15) is 14.9 Å². The zero-order valence-electron chi connectivity index (χ0n) is 17.7. The van der Waals surface area contributed by atoms with Crippen molar-refractivity contribution in [3.63, 3.8) is 0 Å². The molecular weight excluding hydrogens is 502 g/mol. The fourth-order valence-corrected chi connectivity index (χ4v) is 3.31. The molecule has 4 aromatic rings. The first-order chi connectivity index (χ1) is 16.5. The van der Waals surface area contributed by atoms with Crippen molar-refractivity contribution in [3.05, 3.63) is 105 Å². The predicted molar refractivity (Wildman–Crippen MR) is 131 cm³/mol. The molecular formula is C24H18BrN5O4. The Balaban J connectivity index is 1.45. The minimum absolute atomic E-state index is 0.0565. The summed E-state index contributed by atoms with van der Waals surface area (Å²) in [5, 5.41) is 19.4. The first kappa shape index (κ1) is 22.9. The van der Waals surface area contributed by atoms with Gasteiger partial charge in [0.15, 0.2) is 6.61 Å². The Labute approximate surface area is 203 Å². The number of nitro benzene ring substituents is 1. The van der Waals surface area contributed by atoms with E-state index < -0.39 is 10.8 Å². The molecule has 9 nitrogen and oxygen atoms in total. The van der Waals surface area contributed by atoms with Crippen molar-refractivity contribution in [2.24, 2.45) is 5.10 Å². The third-order valence-corrected chi connectivity index (χ3v) is 5.22. The minimum Gasteiger partial charge on any atom is -0.484 e. The standard InChI is InChI=1S/C24H18BrN5O4/c25-19-8-6-17(7-9-19)24-18(15-29(28-24)20-4-2-1-3-5-20)14-26-27-23(31)16-34-22-12-10-21(11-13-22)30(32)33/h1-15H,16H2,(H,27,31)/b26-14-. The number of nitrogens with one attached hydrogen (secondary N) is 1. The highest BCUT2D eigenvalue weighted by molar-refractivity contribution is 9.10. The van der Waals surface area contributed by atoms with E-state index in [1.165, 1.54) is 30.5 Å². The van der Waals surface area contributed by atoms with Gasteiger partial charge in [0.25, 0.3) is 11.6 Å². The first-order valence-corrected chi connectivity index (χ1v) is 10.9. The van der Waals surface area contributed by atoms with E-state index in [2.05, 4.69) is 26.5 Å². The number of halogens is 1. The number of hydrazone groups is 1. The molecule has 34 heavy (non-hydrogen) atoms. The number of rotatable bonds is 8. The zero-order chi connectivity index (χ0) is 23.9. The van der Waals surface area contributed by atoms with Crippen LogP contribution in [0.3, 0.4) is 0 Å². The van der Waals surface area contributed by atoms with Crippen molar-refractivity contribution in [2.45, 2.75) is 0 Å². The van der Waals surface area contributed by atoms with Crippen LogP contribution in [0, 0.1) is 10.1 Å². The Kier molecular flexibility index (Phi) is 7.09. The maximum absolute atomic E-state index is 12.1. The summed E-state index contributed by atoms with van der Waals surface area (Å²) in [6.07, 6.45) is 3.35. The Bertz CT molecular complexity index is 1320. The molecule has 0 aliphatic rings. The van der Waals surface area contributed by atoms with Crippen LogP contribution in [0.25, 0.3) is 16.9 Å². The van der Waals surface area contributed by atoms with Gasteiger partial charge in [-0.2, -0.15) is 10.2 Å². The molecule has 1 aromatic heterocycles. The summed E-state index contributed by atoms with van der Waals surface area (Å²) in [6.45, 7) is -0.294. The number of carbonyl (C=O) groups is 1. The number of ether oxygens (including phenoxy) is 1. The molecule has 1 heterocycles. The molecule has 1 N–H and O–H groups in total. The zero-order valence-corrected chi connectivity index (χ0v) is 19.3. The van der Waals surface area contributed by atoms with Crippen molar-refractivity contribution < 1.29 is 14.5 Å². The van der Waals surface area contributed by atoms with E-state index in [0.29, 0.717) is 17.0 Å². The minimum atomic E-state index is -0.506. The number of amides is 1. The van der Waals surface area contributed by atoms with Gasteiger partial charge in [-0.3, -0.25) is 14.9 Å². The van der Waals surface area contributed by atoms with Gasteiger partial charge < -0.3 is 4.74 Å². The number of hydrogen-bond donors (Lipinski definition) is 1. The van der Waals surface area contributed by atoms with Crippen LogP contribution in [0.15, 0.2) is 94.6 Å². The number of hydrogen-bond acceptors (Lipinski definition) is 6. The fraction of sp³-hybridized carbons (Fsp3) is 0.0417. The third kappa shape index (κ3) is 5.73. The number of benzene rings is 3. The van der Waals surface area contributed by atoms with E-state index in [-0.39, 0.29) is 12.3 Å². The Morgan fingerprint density at radius 3 is 2.47 bits per heavy atom.